The van der Waals surface area contributed by atoms with Crippen LogP contribution in [0.25, 0.3) is 0 Å². The van der Waals surface area contributed by atoms with E-state index >= 15 is 0 Å². The second-order valence-electron chi connectivity index (χ2n) is 4.88. The van der Waals surface area contributed by atoms with Crippen LogP contribution in [0.4, 0.5) is 0 Å². The molecular formula is C15H22BrNO2S2. The molecular weight excluding hydrogens is 370 g/mol. The first-order valence-electron chi connectivity index (χ1n) is 7.03. The van der Waals surface area contributed by atoms with Crippen LogP contribution < -0.4 is 15.2 Å². The highest BCUT2D eigenvalue weighted by Crippen LogP contribution is 2.45. The van der Waals surface area contributed by atoms with E-state index in [1.54, 1.807) is 14.2 Å². The SMILES string of the molecule is CCC1SCCSC1C(N)c1ccc(OC)c(Br)c1OC. The molecule has 0 aliphatic carbocycles. The molecule has 1 aromatic rings. The van der Waals surface area contributed by atoms with Gasteiger partial charge in [-0.1, -0.05) is 6.92 Å². The zero-order valence-electron chi connectivity index (χ0n) is 12.6. The molecule has 1 aromatic carbocycles. The van der Waals surface area contributed by atoms with Crippen LogP contribution in [-0.4, -0.2) is 36.2 Å². The van der Waals surface area contributed by atoms with Crippen molar-refractivity contribution >= 4 is 39.5 Å². The minimum atomic E-state index is -0.0371. The molecule has 118 valence electrons. The van der Waals surface area contributed by atoms with Crippen LogP contribution in [0.15, 0.2) is 16.6 Å². The third kappa shape index (κ3) is 3.66. The van der Waals surface area contributed by atoms with Gasteiger partial charge in [-0.25, -0.2) is 0 Å². The highest BCUT2D eigenvalue weighted by atomic mass is 79.9. The lowest BCUT2D eigenvalue weighted by molar-refractivity contribution is 0.383. The Hall–Kier alpha value is -0.0400. The van der Waals surface area contributed by atoms with E-state index in [0.717, 1.165) is 28.0 Å². The minimum absolute atomic E-state index is 0.0371. The molecule has 0 saturated carbocycles. The maximum atomic E-state index is 6.60. The molecule has 1 heterocycles. The van der Waals surface area contributed by atoms with Gasteiger partial charge in [-0.2, -0.15) is 23.5 Å². The first-order chi connectivity index (χ1) is 10.1. The number of rotatable bonds is 5. The molecule has 0 bridgehead atoms. The summed E-state index contributed by atoms with van der Waals surface area (Å²) in [5.74, 6) is 3.93. The zero-order valence-corrected chi connectivity index (χ0v) is 15.8. The highest BCUT2D eigenvalue weighted by Gasteiger charge is 2.33. The molecule has 1 fully saturated rings. The number of methoxy groups -OCH3 is 2. The minimum Gasteiger partial charge on any atom is -0.495 e. The summed E-state index contributed by atoms with van der Waals surface area (Å²) < 4.78 is 11.7. The van der Waals surface area contributed by atoms with E-state index in [4.69, 9.17) is 15.2 Å². The molecule has 3 atom stereocenters. The Kier molecular flexibility index (Phi) is 6.59. The Morgan fingerprint density at radius 3 is 2.62 bits per heavy atom. The van der Waals surface area contributed by atoms with Gasteiger partial charge in [0.25, 0.3) is 0 Å². The van der Waals surface area contributed by atoms with Crippen LogP contribution in [0, 0.1) is 0 Å². The predicted octanol–water partition coefficient (Wildman–Crippen LogP) is 4.09. The number of nitrogens with two attached hydrogens (primary N) is 1. The number of hydrogen-bond donors (Lipinski definition) is 1. The van der Waals surface area contributed by atoms with Crippen molar-refractivity contribution in [3.05, 3.63) is 22.2 Å². The van der Waals surface area contributed by atoms with Crippen molar-refractivity contribution in [2.75, 3.05) is 25.7 Å². The van der Waals surface area contributed by atoms with Gasteiger partial charge in [0.05, 0.1) is 14.2 Å². The third-order valence-electron chi connectivity index (χ3n) is 3.72. The monoisotopic (exact) mass is 391 g/mol. The summed E-state index contributed by atoms with van der Waals surface area (Å²) in [6.07, 6.45) is 1.15. The van der Waals surface area contributed by atoms with E-state index in [0.29, 0.717) is 10.5 Å². The topological polar surface area (TPSA) is 44.5 Å². The van der Waals surface area contributed by atoms with E-state index in [1.165, 1.54) is 11.5 Å². The molecule has 3 unspecified atom stereocenters. The Morgan fingerprint density at radius 2 is 2.00 bits per heavy atom. The fraction of sp³-hybridized carbons (Fsp3) is 0.600. The van der Waals surface area contributed by atoms with Gasteiger partial charge in [-0.15, -0.1) is 0 Å². The van der Waals surface area contributed by atoms with Crippen molar-refractivity contribution in [3.8, 4) is 11.5 Å². The van der Waals surface area contributed by atoms with Gasteiger partial charge in [0.2, 0.25) is 0 Å². The van der Waals surface area contributed by atoms with Crippen molar-refractivity contribution in [2.24, 2.45) is 5.73 Å². The van der Waals surface area contributed by atoms with Gasteiger partial charge in [0.1, 0.15) is 16.0 Å². The number of ether oxygens (including phenoxy) is 2. The summed E-state index contributed by atoms with van der Waals surface area (Å²) in [5, 5.41) is 1.02. The van der Waals surface area contributed by atoms with E-state index in [9.17, 15) is 0 Å². The van der Waals surface area contributed by atoms with Crippen molar-refractivity contribution in [1.82, 2.24) is 0 Å². The average molecular weight is 392 g/mol. The summed E-state index contributed by atoms with van der Waals surface area (Å²) in [6.45, 7) is 2.24. The molecule has 21 heavy (non-hydrogen) atoms. The van der Waals surface area contributed by atoms with Crippen LogP contribution in [-0.2, 0) is 0 Å². The van der Waals surface area contributed by atoms with Crippen molar-refractivity contribution in [2.45, 2.75) is 29.9 Å². The lowest BCUT2D eigenvalue weighted by Crippen LogP contribution is -2.35. The predicted molar refractivity (Wildman–Crippen MR) is 97.0 cm³/mol. The zero-order chi connectivity index (χ0) is 15.4. The highest BCUT2D eigenvalue weighted by molar-refractivity contribution is 9.10. The Balaban J connectivity index is 2.33. The molecule has 1 aliphatic heterocycles. The third-order valence-corrected chi connectivity index (χ3v) is 7.85. The van der Waals surface area contributed by atoms with Crippen LogP contribution in [0.3, 0.4) is 0 Å². The molecule has 0 radical (unpaired) electrons. The summed E-state index contributed by atoms with van der Waals surface area (Å²) in [4.78, 5) is 0. The maximum Gasteiger partial charge on any atom is 0.141 e. The van der Waals surface area contributed by atoms with Crippen molar-refractivity contribution in [1.29, 1.82) is 0 Å². The van der Waals surface area contributed by atoms with Crippen molar-refractivity contribution in [3.63, 3.8) is 0 Å². The first-order valence-corrected chi connectivity index (χ1v) is 9.92. The molecule has 3 nitrogen and oxygen atoms in total. The smallest absolute Gasteiger partial charge is 0.141 e. The molecule has 2 N–H and O–H groups in total. The number of halogens is 1. The van der Waals surface area contributed by atoms with E-state index in [2.05, 4.69) is 22.9 Å². The van der Waals surface area contributed by atoms with Crippen molar-refractivity contribution < 1.29 is 9.47 Å². The number of benzene rings is 1. The van der Waals surface area contributed by atoms with Gasteiger partial charge >= 0.3 is 0 Å². The standard InChI is InChI=1S/C15H22BrNO2S2/c1-4-11-15(21-8-7-20-11)13(17)9-5-6-10(18-2)12(16)14(9)19-3/h5-6,11,13,15H,4,7-8,17H2,1-3H3. The van der Waals surface area contributed by atoms with E-state index in [1.807, 2.05) is 35.7 Å². The number of hydrogen-bond acceptors (Lipinski definition) is 5. The molecule has 1 saturated heterocycles. The summed E-state index contributed by atoms with van der Waals surface area (Å²) in [7, 11) is 3.33. The molecule has 0 amide bonds. The van der Waals surface area contributed by atoms with Crippen LogP contribution in [0.1, 0.15) is 24.9 Å². The van der Waals surface area contributed by atoms with E-state index in [-0.39, 0.29) is 6.04 Å². The van der Waals surface area contributed by atoms with Gasteiger partial charge in [-0.05, 0) is 34.5 Å². The Labute approximate surface area is 143 Å². The Morgan fingerprint density at radius 1 is 1.29 bits per heavy atom. The quantitative estimate of drug-likeness (QED) is 0.818. The lowest BCUT2D eigenvalue weighted by Gasteiger charge is -2.35. The summed E-state index contributed by atoms with van der Waals surface area (Å²) in [6, 6.07) is 3.94. The molecule has 0 aromatic heterocycles. The van der Waals surface area contributed by atoms with Gasteiger partial charge in [-0.3, -0.25) is 0 Å². The maximum absolute atomic E-state index is 6.60. The number of thioether (sulfide) groups is 2. The lowest BCUT2D eigenvalue weighted by atomic mass is 10.00. The summed E-state index contributed by atoms with van der Waals surface area (Å²) >= 11 is 7.59. The Bertz CT molecular complexity index is 487. The van der Waals surface area contributed by atoms with Gasteiger partial charge in [0.15, 0.2) is 0 Å². The summed E-state index contributed by atoms with van der Waals surface area (Å²) in [5.41, 5.74) is 7.64. The van der Waals surface area contributed by atoms with Gasteiger partial charge < -0.3 is 15.2 Å². The molecule has 1 aliphatic rings. The normalized spacial score (nSPS) is 23.7. The van der Waals surface area contributed by atoms with Gasteiger partial charge in [0, 0.05) is 33.6 Å². The van der Waals surface area contributed by atoms with Crippen LogP contribution in [0.5, 0.6) is 11.5 Å². The molecule has 2 rings (SSSR count). The second-order valence-corrected chi connectivity index (χ2v) is 8.31. The largest absolute Gasteiger partial charge is 0.495 e. The average Bonchev–Trinajstić information content (AvgIpc) is 2.53. The van der Waals surface area contributed by atoms with Crippen LogP contribution in [0.2, 0.25) is 0 Å². The second kappa shape index (κ2) is 7.99. The van der Waals surface area contributed by atoms with Crippen LogP contribution >= 0.6 is 39.5 Å². The van der Waals surface area contributed by atoms with E-state index < -0.39 is 0 Å². The first kappa shape index (κ1) is 17.3. The fourth-order valence-corrected chi connectivity index (χ4v) is 6.49. The molecule has 6 heteroatoms. The molecule has 0 spiro atoms. The fourth-order valence-electron chi connectivity index (χ4n) is 2.63.